The molecule has 5 nitrogen and oxygen atoms in total. The lowest BCUT2D eigenvalue weighted by Gasteiger charge is -2.18. The first-order chi connectivity index (χ1) is 9.84. The third-order valence-corrected chi connectivity index (χ3v) is 3.52. The number of rotatable bonds is 4. The number of hydrazine groups is 1. The van der Waals surface area contributed by atoms with E-state index in [0.29, 0.717) is 13.1 Å². The van der Waals surface area contributed by atoms with E-state index in [4.69, 9.17) is 4.42 Å². The summed E-state index contributed by atoms with van der Waals surface area (Å²) in [4.78, 5) is 12.3. The predicted molar refractivity (Wildman–Crippen MR) is 74.4 cm³/mol. The summed E-state index contributed by atoms with van der Waals surface area (Å²) in [5.74, 6) is -0.0816. The van der Waals surface area contributed by atoms with Gasteiger partial charge in [0.1, 0.15) is 0 Å². The molecule has 1 aliphatic heterocycles. The van der Waals surface area contributed by atoms with Crippen LogP contribution in [0.3, 0.4) is 0 Å². The molecular weight excluding hydrogens is 254 g/mol. The molecule has 0 bridgehead atoms. The van der Waals surface area contributed by atoms with Crippen LogP contribution in [0.1, 0.15) is 17.2 Å². The summed E-state index contributed by atoms with van der Waals surface area (Å²) in [5.41, 5.74) is 8.31. The molecular formula is C15H17N3O2. The molecule has 2 aromatic rings. The van der Waals surface area contributed by atoms with Gasteiger partial charge in [0.05, 0.1) is 24.5 Å². The van der Waals surface area contributed by atoms with Crippen molar-refractivity contribution in [3.05, 3.63) is 60.1 Å². The Balaban J connectivity index is 1.64. The Morgan fingerprint density at radius 2 is 2.15 bits per heavy atom. The van der Waals surface area contributed by atoms with Crippen LogP contribution in [-0.4, -0.2) is 12.5 Å². The Morgan fingerprint density at radius 3 is 2.90 bits per heavy atom. The molecule has 1 fully saturated rings. The van der Waals surface area contributed by atoms with Crippen molar-refractivity contribution in [1.29, 1.82) is 0 Å². The van der Waals surface area contributed by atoms with Gasteiger partial charge in [-0.25, -0.2) is 5.43 Å². The monoisotopic (exact) mass is 271 g/mol. The van der Waals surface area contributed by atoms with Crippen molar-refractivity contribution in [2.45, 2.75) is 12.6 Å². The number of benzene rings is 1. The van der Waals surface area contributed by atoms with E-state index in [9.17, 15) is 4.79 Å². The number of hydrogen-bond donors (Lipinski definition) is 3. The summed E-state index contributed by atoms with van der Waals surface area (Å²) < 4.78 is 4.99. The fourth-order valence-electron chi connectivity index (χ4n) is 2.43. The van der Waals surface area contributed by atoms with Crippen LogP contribution in [0, 0.1) is 5.92 Å². The zero-order valence-corrected chi connectivity index (χ0v) is 11.0. The maximum absolute atomic E-state index is 12.3. The molecule has 104 valence electrons. The Labute approximate surface area is 117 Å². The van der Waals surface area contributed by atoms with Crippen molar-refractivity contribution in [2.75, 3.05) is 6.54 Å². The van der Waals surface area contributed by atoms with Crippen LogP contribution >= 0.6 is 0 Å². The fourth-order valence-corrected chi connectivity index (χ4v) is 2.43. The lowest BCUT2D eigenvalue weighted by molar-refractivity contribution is -0.125. The Kier molecular flexibility index (Phi) is 3.80. The quantitative estimate of drug-likeness (QED) is 0.785. The van der Waals surface area contributed by atoms with Crippen molar-refractivity contribution in [3.63, 3.8) is 0 Å². The largest absolute Gasteiger partial charge is 0.472 e. The maximum Gasteiger partial charge on any atom is 0.226 e. The third kappa shape index (κ3) is 2.74. The van der Waals surface area contributed by atoms with Gasteiger partial charge >= 0.3 is 0 Å². The second-order valence-corrected chi connectivity index (χ2v) is 4.87. The molecule has 0 spiro atoms. The molecule has 0 aliphatic carbocycles. The molecule has 2 unspecified atom stereocenters. The molecule has 0 radical (unpaired) electrons. The summed E-state index contributed by atoms with van der Waals surface area (Å²) in [6, 6.07) is 11.8. The van der Waals surface area contributed by atoms with E-state index in [1.807, 2.05) is 36.4 Å². The lowest BCUT2D eigenvalue weighted by atomic mass is 9.94. The minimum Gasteiger partial charge on any atom is -0.472 e. The number of furan rings is 1. The highest BCUT2D eigenvalue weighted by atomic mass is 16.3. The van der Waals surface area contributed by atoms with Gasteiger partial charge in [-0.2, -0.15) is 0 Å². The van der Waals surface area contributed by atoms with Gasteiger partial charge in [0.25, 0.3) is 0 Å². The van der Waals surface area contributed by atoms with Gasteiger partial charge in [0, 0.05) is 18.7 Å². The lowest BCUT2D eigenvalue weighted by Crippen LogP contribution is -2.34. The smallest absolute Gasteiger partial charge is 0.226 e. The fraction of sp³-hybridized carbons (Fsp3) is 0.267. The molecule has 2 heterocycles. The number of carbonyl (C=O) groups excluding carboxylic acids is 1. The Morgan fingerprint density at radius 1 is 1.30 bits per heavy atom. The Hall–Kier alpha value is -2.11. The highest BCUT2D eigenvalue weighted by molar-refractivity contribution is 5.80. The van der Waals surface area contributed by atoms with Crippen molar-refractivity contribution < 1.29 is 9.21 Å². The van der Waals surface area contributed by atoms with Gasteiger partial charge in [0.15, 0.2) is 0 Å². The van der Waals surface area contributed by atoms with Crippen LogP contribution in [0.2, 0.25) is 0 Å². The minimum absolute atomic E-state index is 0.000509. The third-order valence-electron chi connectivity index (χ3n) is 3.52. The summed E-state index contributed by atoms with van der Waals surface area (Å²) in [5, 5.41) is 2.95. The minimum atomic E-state index is -0.121. The highest BCUT2D eigenvalue weighted by Gasteiger charge is 2.33. The van der Waals surface area contributed by atoms with Gasteiger partial charge in [-0.05, 0) is 11.6 Å². The average molecular weight is 271 g/mol. The highest BCUT2D eigenvalue weighted by Crippen LogP contribution is 2.24. The van der Waals surface area contributed by atoms with E-state index in [-0.39, 0.29) is 17.9 Å². The Bertz CT molecular complexity index is 554. The molecule has 2 atom stereocenters. The molecule has 1 aromatic heterocycles. The second kappa shape index (κ2) is 5.90. The molecule has 5 heteroatoms. The van der Waals surface area contributed by atoms with E-state index < -0.39 is 0 Å². The molecule has 20 heavy (non-hydrogen) atoms. The predicted octanol–water partition coefficient (Wildman–Crippen LogP) is 1.36. The average Bonchev–Trinajstić information content (AvgIpc) is 3.17. The van der Waals surface area contributed by atoms with E-state index in [1.54, 1.807) is 12.5 Å². The second-order valence-electron chi connectivity index (χ2n) is 4.87. The summed E-state index contributed by atoms with van der Waals surface area (Å²) in [7, 11) is 0. The van der Waals surface area contributed by atoms with Crippen LogP contribution < -0.4 is 16.2 Å². The zero-order valence-electron chi connectivity index (χ0n) is 11.0. The van der Waals surface area contributed by atoms with Crippen molar-refractivity contribution >= 4 is 5.91 Å². The van der Waals surface area contributed by atoms with Crippen molar-refractivity contribution in [2.24, 2.45) is 5.92 Å². The standard InChI is InChI=1S/C15H17N3O2/c19-15(16-8-11-6-7-20-10-11)13-9-17-18-14(13)12-4-2-1-3-5-12/h1-7,10,13-14,17-18H,8-9H2,(H,16,19). The van der Waals surface area contributed by atoms with Gasteiger partial charge in [-0.15, -0.1) is 0 Å². The molecule has 3 N–H and O–H groups in total. The van der Waals surface area contributed by atoms with E-state index in [0.717, 1.165) is 11.1 Å². The molecule has 1 saturated heterocycles. The van der Waals surface area contributed by atoms with Gasteiger partial charge in [-0.3, -0.25) is 10.2 Å². The van der Waals surface area contributed by atoms with Crippen LogP contribution in [0.25, 0.3) is 0 Å². The number of hydrogen-bond acceptors (Lipinski definition) is 4. The first kappa shape index (κ1) is 12.9. The van der Waals surface area contributed by atoms with Crippen molar-refractivity contribution in [1.82, 2.24) is 16.2 Å². The van der Waals surface area contributed by atoms with Crippen LogP contribution in [0.4, 0.5) is 0 Å². The number of amides is 1. The van der Waals surface area contributed by atoms with Crippen molar-refractivity contribution in [3.8, 4) is 0 Å². The first-order valence-corrected chi connectivity index (χ1v) is 6.67. The number of carbonyl (C=O) groups is 1. The molecule has 1 amide bonds. The molecule has 0 saturated carbocycles. The summed E-state index contributed by atoms with van der Waals surface area (Å²) >= 11 is 0. The van der Waals surface area contributed by atoms with Crippen LogP contribution in [0.5, 0.6) is 0 Å². The maximum atomic E-state index is 12.3. The van der Waals surface area contributed by atoms with Crippen LogP contribution in [0.15, 0.2) is 53.3 Å². The van der Waals surface area contributed by atoms with Gasteiger partial charge in [0.2, 0.25) is 5.91 Å². The van der Waals surface area contributed by atoms with E-state index in [2.05, 4.69) is 16.2 Å². The van der Waals surface area contributed by atoms with E-state index in [1.165, 1.54) is 0 Å². The topological polar surface area (TPSA) is 66.3 Å². The number of nitrogens with one attached hydrogen (secondary N) is 3. The summed E-state index contributed by atoms with van der Waals surface area (Å²) in [6.07, 6.45) is 3.24. The van der Waals surface area contributed by atoms with Gasteiger partial charge < -0.3 is 9.73 Å². The molecule has 1 aliphatic rings. The van der Waals surface area contributed by atoms with E-state index >= 15 is 0 Å². The normalized spacial score (nSPS) is 21.8. The molecule has 3 rings (SSSR count). The van der Waals surface area contributed by atoms with Crippen LogP contribution in [-0.2, 0) is 11.3 Å². The zero-order chi connectivity index (χ0) is 13.8. The summed E-state index contributed by atoms with van der Waals surface area (Å²) in [6.45, 7) is 1.12. The van der Waals surface area contributed by atoms with Gasteiger partial charge in [-0.1, -0.05) is 30.3 Å². The molecule has 1 aromatic carbocycles. The first-order valence-electron chi connectivity index (χ1n) is 6.67. The SMILES string of the molecule is O=C(NCc1ccoc1)C1CNNC1c1ccccc1.